The van der Waals surface area contributed by atoms with Crippen molar-refractivity contribution in [3.8, 4) is 0 Å². The molecule has 0 bridgehead atoms. The molecule has 0 aromatic carbocycles. The Hall–Kier alpha value is -2.99. The van der Waals surface area contributed by atoms with Crippen LogP contribution in [-0.4, -0.2) is 44.0 Å². The second kappa shape index (κ2) is 8.57. The van der Waals surface area contributed by atoms with Crippen LogP contribution in [0.15, 0.2) is 29.1 Å². The molecule has 3 rings (SSSR count). The maximum Gasteiger partial charge on any atom is 0.341 e. The van der Waals surface area contributed by atoms with Crippen LogP contribution in [0, 0.1) is 6.92 Å². The van der Waals surface area contributed by atoms with E-state index in [4.69, 9.17) is 10.5 Å². The number of amides is 2. The Kier molecular flexibility index (Phi) is 6.13. The summed E-state index contributed by atoms with van der Waals surface area (Å²) in [5.74, 6) is -1.86. The molecule has 0 atom stereocenters. The highest BCUT2D eigenvalue weighted by Crippen LogP contribution is 2.33. The first-order chi connectivity index (χ1) is 13.8. The predicted octanol–water partition coefficient (Wildman–Crippen LogP) is 2.25. The molecule has 10 nitrogen and oxygen atoms in total. The van der Waals surface area contributed by atoms with Crippen LogP contribution in [0.5, 0.6) is 0 Å². The predicted molar refractivity (Wildman–Crippen MR) is 109 cm³/mol. The SMILES string of the molecule is CCOC(=O)c1c(NC(=O)c2ccn(Cn3cc(Br)cn3)n2)sc(C(N)=O)c1C. The lowest BCUT2D eigenvalue weighted by Crippen LogP contribution is -2.16. The van der Waals surface area contributed by atoms with E-state index in [0.717, 1.165) is 15.8 Å². The van der Waals surface area contributed by atoms with Crippen molar-refractivity contribution >= 4 is 50.1 Å². The van der Waals surface area contributed by atoms with Gasteiger partial charge in [-0.05, 0) is 41.4 Å². The van der Waals surface area contributed by atoms with Crippen LogP contribution in [0.25, 0.3) is 0 Å². The highest BCUT2D eigenvalue weighted by Gasteiger charge is 2.26. The molecule has 3 N–H and O–H groups in total. The van der Waals surface area contributed by atoms with Crippen molar-refractivity contribution in [3.63, 3.8) is 0 Å². The standard InChI is InChI=1S/C17H17BrN6O4S/c1-3-28-17(27)12-9(2)13(14(19)25)29-16(12)21-15(26)11-4-5-23(22-11)8-24-7-10(18)6-20-24/h4-7H,3,8H2,1-2H3,(H2,19,25)(H,21,26). The van der Waals surface area contributed by atoms with Gasteiger partial charge in [-0.25, -0.2) is 9.48 Å². The Morgan fingerprint density at radius 2 is 2.10 bits per heavy atom. The average Bonchev–Trinajstić information content (AvgIpc) is 3.35. The molecule has 3 aromatic heterocycles. The monoisotopic (exact) mass is 480 g/mol. The summed E-state index contributed by atoms with van der Waals surface area (Å²) < 4.78 is 9.03. The average molecular weight is 481 g/mol. The Balaban J connectivity index is 1.82. The first-order valence-corrected chi connectivity index (χ1v) is 10.0. The minimum atomic E-state index is -0.687. The Morgan fingerprint density at radius 1 is 1.34 bits per heavy atom. The summed E-state index contributed by atoms with van der Waals surface area (Å²) in [5.41, 5.74) is 5.99. The molecule has 152 valence electrons. The minimum Gasteiger partial charge on any atom is -0.462 e. The first kappa shape index (κ1) is 20.7. The van der Waals surface area contributed by atoms with Gasteiger partial charge < -0.3 is 15.8 Å². The fraction of sp³-hybridized carbons (Fsp3) is 0.235. The number of nitrogens with zero attached hydrogens (tertiary/aromatic N) is 4. The third-order valence-electron chi connectivity index (χ3n) is 3.84. The molecule has 0 fully saturated rings. The zero-order valence-corrected chi connectivity index (χ0v) is 17.9. The number of ether oxygens (including phenoxy) is 1. The summed E-state index contributed by atoms with van der Waals surface area (Å²) in [7, 11) is 0. The van der Waals surface area contributed by atoms with Crippen molar-refractivity contribution in [2.45, 2.75) is 20.5 Å². The fourth-order valence-corrected chi connectivity index (χ4v) is 3.95. The summed E-state index contributed by atoms with van der Waals surface area (Å²) in [5, 5.41) is 11.2. The number of carbonyl (C=O) groups excluding carboxylic acids is 3. The summed E-state index contributed by atoms with van der Waals surface area (Å²) in [6, 6.07) is 1.54. The largest absolute Gasteiger partial charge is 0.462 e. The van der Waals surface area contributed by atoms with Gasteiger partial charge in [0.25, 0.3) is 11.8 Å². The van der Waals surface area contributed by atoms with Gasteiger partial charge in [-0.2, -0.15) is 10.2 Å². The molecule has 12 heteroatoms. The Bertz CT molecular complexity index is 1090. The van der Waals surface area contributed by atoms with Gasteiger partial charge in [-0.15, -0.1) is 11.3 Å². The van der Waals surface area contributed by atoms with Gasteiger partial charge in [0.15, 0.2) is 5.69 Å². The molecule has 3 heterocycles. The van der Waals surface area contributed by atoms with Gasteiger partial charge in [-0.3, -0.25) is 14.3 Å². The van der Waals surface area contributed by atoms with E-state index in [-0.39, 0.29) is 27.7 Å². The second-order valence-electron chi connectivity index (χ2n) is 5.88. The van der Waals surface area contributed by atoms with Crippen LogP contribution < -0.4 is 11.1 Å². The van der Waals surface area contributed by atoms with E-state index in [0.29, 0.717) is 12.2 Å². The lowest BCUT2D eigenvalue weighted by Gasteiger charge is -2.06. The number of aromatic nitrogens is 4. The molecule has 0 unspecified atom stereocenters. The van der Waals surface area contributed by atoms with Crippen molar-refractivity contribution < 1.29 is 19.1 Å². The summed E-state index contributed by atoms with van der Waals surface area (Å²) >= 11 is 4.23. The van der Waals surface area contributed by atoms with Crippen molar-refractivity contribution in [2.75, 3.05) is 11.9 Å². The maximum atomic E-state index is 12.6. The second-order valence-corrected chi connectivity index (χ2v) is 7.82. The van der Waals surface area contributed by atoms with Gasteiger partial charge in [-0.1, -0.05) is 0 Å². The van der Waals surface area contributed by atoms with E-state index in [1.807, 2.05) is 0 Å². The van der Waals surface area contributed by atoms with Gasteiger partial charge in [0, 0.05) is 12.4 Å². The number of primary amides is 1. The Labute approximate surface area is 177 Å². The fourth-order valence-electron chi connectivity index (χ4n) is 2.58. The molecule has 0 aliphatic rings. The summed E-state index contributed by atoms with van der Waals surface area (Å²) in [4.78, 5) is 36.7. The van der Waals surface area contributed by atoms with Crippen LogP contribution in [0.4, 0.5) is 5.00 Å². The zero-order valence-electron chi connectivity index (χ0n) is 15.5. The number of hydrogen-bond acceptors (Lipinski definition) is 7. The van der Waals surface area contributed by atoms with Gasteiger partial charge in [0.1, 0.15) is 11.7 Å². The quantitative estimate of drug-likeness (QED) is 0.497. The van der Waals surface area contributed by atoms with Gasteiger partial charge in [0.2, 0.25) is 0 Å². The van der Waals surface area contributed by atoms with Crippen LogP contribution in [0.2, 0.25) is 0 Å². The molecule has 0 saturated carbocycles. The van der Waals surface area contributed by atoms with Crippen LogP contribution in [-0.2, 0) is 11.4 Å². The molecular formula is C17H17BrN6O4S. The number of esters is 1. The van der Waals surface area contributed by atoms with Crippen LogP contribution in [0.1, 0.15) is 43.0 Å². The van der Waals surface area contributed by atoms with Crippen molar-refractivity contribution in [1.82, 2.24) is 19.6 Å². The van der Waals surface area contributed by atoms with Gasteiger partial charge >= 0.3 is 5.97 Å². The number of nitrogens with one attached hydrogen (secondary N) is 1. The highest BCUT2D eigenvalue weighted by atomic mass is 79.9. The molecule has 29 heavy (non-hydrogen) atoms. The topological polar surface area (TPSA) is 134 Å². The number of hydrogen-bond donors (Lipinski definition) is 2. The third kappa shape index (κ3) is 4.54. The Morgan fingerprint density at radius 3 is 2.72 bits per heavy atom. The number of carbonyl (C=O) groups is 3. The third-order valence-corrected chi connectivity index (χ3v) is 5.47. The molecule has 3 aromatic rings. The first-order valence-electron chi connectivity index (χ1n) is 8.43. The lowest BCUT2D eigenvalue weighted by atomic mass is 10.1. The number of halogens is 1. The number of anilines is 1. The molecular weight excluding hydrogens is 464 g/mol. The van der Waals surface area contributed by atoms with Crippen LogP contribution in [0.3, 0.4) is 0 Å². The van der Waals surface area contributed by atoms with Gasteiger partial charge in [0.05, 0.1) is 27.7 Å². The number of nitrogens with two attached hydrogens (primary N) is 1. The van der Waals surface area contributed by atoms with Crippen molar-refractivity contribution in [2.24, 2.45) is 5.73 Å². The van der Waals surface area contributed by atoms with E-state index >= 15 is 0 Å². The van der Waals surface area contributed by atoms with E-state index in [2.05, 4.69) is 31.4 Å². The van der Waals surface area contributed by atoms with E-state index in [1.54, 1.807) is 37.1 Å². The molecule has 0 spiro atoms. The van der Waals surface area contributed by atoms with E-state index < -0.39 is 17.8 Å². The number of thiophene rings is 1. The molecule has 0 saturated heterocycles. The highest BCUT2D eigenvalue weighted by molar-refractivity contribution is 9.10. The van der Waals surface area contributed by atoms with Crippen LogP contribution >= 0.6 is 27.3 Å². The maximum absolute atomic E-state index is 12.6. The molecule has 0 radical (unpaired) electrons. The molecule has 0 aliphatic carbocycles. The van der Waals surface area contributed by atoms with E-state index in [9.17, 15) is 14.4 Å². The normalized spacial score (nSPS) is 10.7. The van der Waals surface area contributed by atoms with E-state index in [1.165, 1.54) is 10.7 Å². The minimum absolute atomic E-state index is 0.111. The smallest absolute Gasteiger partial charge is 0.341 e. The van der Waals surface area contributed by atoms with Crippen molar-refractivity contribution in [3.05, 3.63) is 50.8 Å². The molecule has 2 amide bonds. The van der Waals surface area contributed by atoms with Crippen molar-refractivity contribution in [1.29, 1.82) is 0 Å². The summed E-state index contributed by atoms with van der Waals surface area (Å²) in [6.45, 7) is 3.71. The molecule has 0 aliphatic heterocycles. The zero-order chi connectivity index (χ0) is 21.1. The summed E-state index contributed by atoms with van der Waals surface area (Å²) in [6.07, 6.45) is 5.04. The lowest BCUT2D eigenvalue weighted by molar-refractivity contribution is 0.0527. The number of rotatable bonds is 7.